The second kappa shape index (κ2) is 12.0. The maximum Gasteiger partial charge on any atom is 0.0541 e. The van der Waals surface area contributed by atoms with E-state index in [1.165, 1.54) is 86.8 Å². The van der Waals surface area contributed by atoms with Gasteiger partial charge in [0.25, 0.3) is 0 Å². The van der Waals surface area contributed by atoms with Crippen molar-refractivity contribution in [1.29, 1.82) is 0 Å². The predicted octanol–water partition coefficient (Wildman–Crippen LogP) is 13.4. The Hall–Kier alpha value is -6.55. The van der Waals surface area contributed by atoms with Gasteiger partial charge in [0.2, 0.25) is 0 Å². The molecule has 3 heterocycles. The molecule has 8 aromatic carbocycles. The molecule has 2 nitrogen and oxygen atoms in total. The van der Waals surface area contributed by atoms with Crippen molar-refractivity contribution in [2.75, 3.05) is 0 Å². The highest BCUT2D eigenvalue weighted by Gasteiger charge is 2.25. The lowest BCUT2D eigenvalue weighted by atomic mass is 9.85. The maximum absolute atomic E-state index is 2.39. The Bertz CT molecular complexity index is 2750. The van der Waals surface area contributed by atoms with Crippen LogP contribution in [0, 0.1) is 0 Å². The molecule has 0 spiro atoms. The first kappa shape index (κ1) is 30.1. The Balaban J connectivity index is 1.13. The highest BCUT2D eigenvalue weighted by molar-refractivity contribution is 7.99. The van der Waals surface area contributed by atoms with E-state index in [1.54, 1.807) is 0 Å². The average molecular weight is 693 g/mol. The molecule has 0 fully saturated rings. The lowest BCUT2D eigenvalue weighted by molar-refractivity contribution is 1.18. The van der Waals surface area contributed by atoms with E-state index in [4.69, 9.17) is 0 Å². The molecule has 11 rings (SSSR count). The van der Waals surface area contributed by atoms with Gasteiger partial charge in [-0.3, -0.25) is 0 Å². The van der Waals surface area contributed by atoms with E-state index in [1.807, 2.05) is 11.8 Å². The van der Waals surface area contributed by atoms with E-state index in [2.05, 4.69) is 203 Å². The fourth-order valence-corrected chi connectivity index (χ4v) is 9.56. The van der Waals surface area contributed by atoms with Gasteiger partial charge in [-0.25, -0.2) is 0 Å². The predicted molar refractivity (Wildman–Crippen MR) is 224 cm³/mol. The summed E-state index contributed by atoms with van der Waals surface area (Å²) in [6, 6.07) is 71.0. The summed E-state index contributed by atoms with van der Waals surface area (Å²) in [7, 11) is 0. The Morgan fingerprint density at radius 3 is 1.02 bits per heavy atom. The highest BCUT2D eigenvalue weighted by Crippen LogP contribution is 2.49. The highest BCUT2D eigenvalue weighted by atomic mass is 32.2. The van der Waals surface area contributed by atoms with Crippen molar-refractivity contribution in [3.05, 3.63) is 216 Å². The molecule has 0 amide bonds. The minimum Gasteiger partial charge on any atom is -0.309 e. The monoisotopic (exact) mass is 692 g/mol. The van der Waals surface area contributed by atoms with E-state index < -0.39 is 0 Å². The van der Waals surface area contributed by atoms with Crippen LogP contribution in [0.1, 0.15) is 22.3 Å². The number of aromatic nitrogens is 2. The van der Waals surface area contributed by atoms with Crippen molar-refractivity contribution in [3.63, 3.8) is 0 Å². The number of hydrogen-bond donors (Lipinski definition) is 0. The molecule has 0 unspecified atom stereocenters. The van der Waals surface area contributed by atoms with Crippen molar-refractivity contribution in [2.24, 2.45) is 0 Å². The van der Waals surface area contributed by atoms with Crippen LogP contribution in [0.15, 0.2) is 204 Å². The Morgan fingerprint density at radius 1 is 0.321 bits per heavy atom. The van der Waals surface area contributed by atoms with Gasteiger partial charge in [0.15, 0.2) is 0 Å². The van der Waals surface area contributed by atoms with Crippen molar-refractivity contribution >= 4 is 66.5 Å². The molecule has 2 aromatic heterocycles. The summed E-state index contributed by atoms with van der Waals surface area (Å²) >= 11 is 1.86. The van der Waals surface area contributed by atoms with Gasteiger partial charge in [-0.05, 0) is 94.1 Å². The lowest BCUT2D eigenvalue weighted by Gasteiger charge is -2.26. The van der Waals surface area contributed by atoms with Crippen LogP contribution in [0.2, 0.25) is 0 Å². The van der Waals surface area contributed by atoms with Crippen LogP contribution in [-0.4, -0.2) is 9.13 Å². The van der Waals surface area contributed by atoms with Gasteiger partial charge in [-0.2, -0.15) is 0 Å². The first-order chi connectivity index (χ1) is 26.3. The van der Waals surface area contributed by atoms with Crippen LogP contribution in [-0.2, 0) is 0 Å². The largest absolute Gasteiger partial charge is 0.309 e. The summed E-state index contributed by atoms with van der Waals surface area (Å²) in [5.41, 5.74) is 14.6. The Kier molecular flexibility index (Phi) is 6.83. The SMILES string of the molecule is c1ccc2c(c1)Sc1ccccc1C2=C(c1ccc(-n2c3ccccc3c3ccccc32)cc1)c1ccc(-n2c3ccccc3c3ccccc32)cc1. The second-order valence-corrected chi connectivity index (χ2v) is 14.8. The molecule has 3 heteroatoms. The van der Waals surface area contributed by atoms with E-state index in [-0.39, 0.29) is 0 Å². The molecule has 0 N–H and O–H groups in total. The summed E-state index contributed by atoms with van der Waals surface area (Å²) in [4.78, 5) is 2.56. The van der Waals surface area contributed by atoms with E-state index in [0.29, 0.717) is 0 Å². The summed E-state index contributed by atoms with van der Waals surface area (Å²) in [6.45, 7) is 0. The third kappa shape index (κ3) is 4.68. The Morgan fingerprint density at radius 2 is 0.642 bits per heavy atom. The first-order valence-electron chi connectivity index (χ1n) is 18.1. The standard InChI is InChI=1S/C50H32N2S/c1-7-19-43-37(13-1)38-14-2-8-20-44(38)51(43)35-29-25-33(26-30-35)49(50-41-17-5-11-23-47(41)53-48-24-12-6-18-42(48)50)34-27-31-36(32-28-34)52-45-21-9-3-15-39(45)40-16-4-10-22-46(40)52/h1-32H. The number of hydrogen-bond acceptors (Lipinski definition) is 1. The minimum atomic E-state index is 1.15. The molecule has 0 atom stereocenters. The molecule has 0 bridgehead atoms. The van der Waals surface area contributed by atoms with Crippen molar-refractivity contribution in [3.8, 4) is 11.4 Å². The summed E-state index contributed by atoms with van der Waals surface area (Å²) in [5, 5.41) is 5.08. The molecule has 1 aliphatic heterocycles. The maximum atomic E-state index is 2.39. The quantitative estimate of drug-likeness (QED) is 0.178. The van der Waals surface area contributed by atoms with Crippen LogP contribution < -0.4 is 0 Å². The molecule has 0 saturated carbocycles. The number of fused-ring (bicyclic) bond motifs is 8. The molecular formula is C50H32N2S. The molecule has 248 valence electrons. The fraction of sp³-hybridized carbons (Fsp3) is 0. The van der Waals surface area contributed by atoms with E-state index in [0.717, 1.165) is 11.4 Å². The van der Waals surface area contributed by atoms with E-state index in [9.17, 15) is 0 Å². The topological polar surface area (TPSA) is 9.86 Å². The van der Waals surface area contributed by atoms with Gasteiger partial charge in [0, 0.05) is 42.7 Å². The van der Waals surface area contributed by atoms with Crippen molar-refractivity contribution in [1.82, 2.24) is 9.13 Å². The van der Waals surface area contributed by atoms with Gasteiger partial charge in [-0.1, -0.05) is 145 Å². The summed E-state index contributed by atoms with van der Waals surface area (Å²) in [6.07, 6.45) is 0. The number of benzene rings is 8. The zero-order valence-electron chi connectivity index (χ0n) is 28.8. The molecule has 1 aliphatic rings. The summed E-state index contributed by atoms with van der Waals surface area (Å²) in [5.74, 6) is 0. The van der Waals surface area contributed by atoms with Crippen LogP contribution in [0.5, 0.6) is 0 Å². The molecule has 53 heavy (non-hydrogen) atoms. The van der Waals surface area contributed by atoms with Gasteiger partial charge in [0.1, 0.15) is 0 Å². The summed E-state index contributed by atoms with van der Waals surface area (Å²) < 4.78 is 4.78. The third-order valence-corrected chi connectivity index (χ3v) is 11.9. The minimum absolute atomic E-state index is 1.15. The zero-order valence-corrected chi connectivity index (χ0v) is 29.6. The van der Waals surface area contributed by atoms with Gasteiger partial charge in [-0.15, -0.1) is 0 Å². The number of rotatable bonds is 4. The number of nitrogens with zero attached hydrogens (tertiary/aromatic N) is 2. The fourth-order valence-electron chi connectivity index (χ4n) is 8.47. The van der Waals surface area contributed by atoms with Crippen LogP contribution in [0.4, 0.5) is 0 Å². The smallest absolute Gasteiger partial charge is 0.0541 e. The lowest BCUT2D eigenvalue weighted by Crippen LogP contribution is -2.04. The number of para-hydroxylation sites is 4. The molecular weight excluding hydrogens is 661 g/mol. The van der Waals surface area contributed by atoms with Crippen LogP contribution in [0.25, 0.3) is 66.1 Å². The van der Waals surface area contributed by atoms with Crippen LogP contribution >= 0.6 is 11.8 Å². The molecule has 0 radical (unpaired) electrons. The normalized spacial score (nSPS) is 12.4. The Labute approximate surface area is 311 Å². The molecule has 10 aromatic rings. The third-order valence-electron chi connectivity index (χ3n) is 10.8. The first-order valence-corrected chi connectivity index (χ1v) is 18.9. The zero-order chi connectivity index (χ0) is 34.9. The van der Waals surface area contributed by atoms with Gasteiger partial charge in [0.05, 0.1) is 22.1 Å². The van der Waals surface area contributed by atoms with Gasteiger partial charge < -0.3 is 9.13 Å². The molecule has 0 saturated heterocycles. The van der Waals surface area contributed by atoms with E-state index >= 15 is 0 Å². The molecule has 0 aliphatic carbocycles. The second-order valence-electron chi connectivity index (χ2n) is 13.7. The van der Waals surface area contributed by atoms with Gasteiger partial charge >= 0.3 is 0 Å². The van der Waals surface area contributed by atoms with Crippen molar-refractivity contribution < 1.29 is 0 Å². The average Bonchev–Trinajstić information content (AvgIpc) is 3.74. The van der Waals surface area contributed by atoms with Crippen LogP contribution in [0.3, 0.4) is 0 Å². The van der Waals surface area contributed by atoms with Crippen molar-refractivity contribution in [2.45, 2.75) is 9.79 Å².